The number of rotatable bonds is 5. The smallest absolute Gasteiger partial charge is 0.242 e. The molecule has 0 radical (unpaired) electrons. The Morgan fingerprint density at radius 3 is 2.38 bits per heavy atom. The van der Waals surface area contributed by atoms with Gasteiger partial charge in [-0.05, 0) is 19.3 Å². The summed E-state index contributed by atoms with van der Waals surface area (Å²) in [5.41, 5.74) is 0. The molecule has 1 saturated heterocycles. The van der Waals surface area contributed by atoms with Crippen LogP contribution in [0.2, 0.25) is 0 Å². The van der Waals surface area contributed by atoms with Crippen molar-refractivity contribution in [3.8, 4) is 0 Å². The van der Waals surface area contributed by atoms with Crippen LogP contribution in [0.15, 0.2) is 0 Å². The van der Waals surface area contributed by atoms with Gasteiger partial charge in [-0.15, -0.1) is 11.8 Å². The minimum Gasteiger partial charge on any atom is -0.294 e. The SMILES string of the molecule is CCCCC1SC(CC)(CC)C(=O)NC1=O. The number of thioether (sulfide) groups is 1. The highest BCUT2D eigenvalue weighted by Gasteiger charge is 2.44. The van der Waals surface area contributed by atoms with Gasteiger partial charge in [0.1, 0.15) is 0 Å². The van der Waals surface area contributed by atoms with Crippen LogP contribution in [-0.4, -0.2) is 21.8 Å². The van der Waals surface area contributed by atoms with Crippen LogP contribution in [0.4, 0.5) is 0 Å². The highest BCUT2D eigenvalue weighted by Crippen LogP contribution is 2.40. The van der Waals surface area contributed by atoms with Crippen molar-refractivity contribution in [3.63, 3.8) is 0 Å². The molecule has 0 bridgehead atoms. The van der Waals surface area contributed by atoms with E-state index in [0.717, 1.165) is 32.1 Å². The van der Waals surface area contributed by atoms with E-state index in [1.54, 1.807) is 11.8 Å². The third-order valence-electron chi connectivity index (χ3n) is 3.27. The van der Waals surface area contributed by atoms with E-state index in [0.29, 0.717) is 0 Å². The number of carbonyl (C=O) groups is 2. The lowest BCUT2D eigenvalue weighted by atomic mass is 10.0. The number of nitrogens with one attached hydrogen (secondary N) is 1. The van der Waals surface area contributed by atoms with E-state index in [1.165, 1.54) is 0 Å². The molecule has 16 heavy (non-hydrogen) atoms. The number of hydrogen-bond donors (Lipinski definition) is 1. The molecule has 0 aromatic heterocycles. The molecule has 1 unspecified atom stereocenters. The van der Waals surface area contributed by atoms with Crippen LogP contribution in [0.1, 0.15) is 52.9 Å². The van der Waals surface area contributed by atoms with Gasteiger partial charge in [-0.2, -0.15) is 0 Å². The van der Waals surface area contributed by atoms with Crippen molar-refractivity contribution >= 4 is 23.6 Å². The Labute approximate surface area is 102 Å². The first kappa shape index (κ1) is 13.6. The number of hydrogen-bond acceptors (Lipinski definition) is 3. The van der Waals surface area contributed by atoms with Crippen molar-refractivity contribution in [2.24, 2.45) is 0 Å². The molecular formula is C12H21NO2S. The minimum atomic E-state index is -0.383. The summed E-state index contributed by atoms with van der Waals surface area (Å²) in [6.45, 7) is 6.15. The summed E-state index contributed by atoms with van der Waals surface area (Å²) in [4.78, 5) is 23.5. The van der Waals surface area contributed by atoms with Gasteiger partial charge in [0.25, 0.3) is 0 Å². The molecular weight excluding hydrogens is 222 g/mol. The fourth-order valence-electron chi connectivity index (χ4n) is 2.00. The van der Waals surface area contributed by atoms with Gasteiger partial charge in [0.15, 0.2) is 0 Å². The molecule has 92 valence electrons. The van der Waals surface area contributed by atoms with E-state index in [2.05, 4.69) is 12.2 Å². The lowest BCUT2D eigenvalue weighted by molar-refractivity contribution is -0.132. The van der Waals surface area contributed by atoms with Crippen LogP contribution in [0.25, 0.3) is 0 Å². The lowest BCUT2D eigenvalue weighted by Gasteiger charge is -2.37. The molecule has 0 aromatic rings. The molecule has 1 aliphatic rings. The molecule has 0 spiro atoms. The van der Waals surface area contributed by atoms with Gasteiger partial charge in [0, 0.05) is 0 Å². The van der Waals surface area contributed by atoms with Gasteiger partial charge in [0.2, 0.25) is 11.8 Å². The number of imide groups is 1. The Morgan fingerprint density at radius 1 is 1.25 bits per heavy atom. The topological polar surface area (TPSA) is 46.2 Å². The van der Waals surface area contributed by atoms with E-state index in [9.17, 15) is 9.59 Å². The maximum atomic E-state index is 11.9. The largest absolute Gasteiger partial charge is 0.294 e. The van der Waals surface area contributed by atoms with Crippen LogP contribution in [0, 0.1) is 0 Å². The van der Waals surface area contributed by atoms with Crippen molar-refractivity contribution < 1.29 is 9.59 Å². The van der Waals surface area contributed by atoms with Gasteiger partial charge >= 0.3 is 0 Å². The number of unbranched alkanes of at least 4 members (excludes halogenated alkanes) is 1. The second kappa shape index (κ2) is 5.71. The van der Waals surface area contributed by atoms with Crippen molar-refractivity contribution in [2.75, 3.05) is 0 Å². The summed E-state index contributed by atoms with van der Waals surface area (Å²) in [6.07, 6.45) is 4.58. The zero-order valence-electron chi connectivity index (χ0n) is 10.3. The number of carbonyl (C=O) groups excluding carboxylic acids is 2. The maximum absolute atomic E-state index is 11.9. The second-order valence-corrected chi connectivity index (χ2v) is 5.85. The molecule has 3 nitrogen and oxygen atoms in total. The predicted molar refractivity (Wildman–Crippen MR) is 67.4 cm³/mol. The molecule has 1 atom stereocenters. The average Bonchev–Trinajstić information content (AvgIpc) is 2.29. The summed E-state index contributed by atoms with van der Waals surface area (Å²) < 4.78 is -0.383. The standard InChI is InChI=1S/C12H21NO2S/c1-4-7-8-9-10(14)13-11(15)12(5-2,6-3)16-9/h9H,4-8H2,1-3H3,(H,13,14,15). The first-order valence-corrected chi connectivity index (χ1v) is 7.00. The second-order valence-electron chi connectivity index (χ2n) is 4.27. The van der Waals surface area contributed by atoms with E-state index in [4.69, 9.17) is 0 Å². The van der Waals surface area contributed by atoms with E-state index < -0.39 is 0 Å². The highest BCUT2D eigenvalue weighted by molar-refractivity contribution is 8.02. The van der Waals surface area contributed by atoms with Gasteiger partial charge in [-0.25, -0.2) is 0 Å². The van der Waals surface area contributed by atoms with Crippen molar-refractivity contribution in [3.05, 3.63) is 0 Å². The van der Waals surface area contributed by atoms with Crippen LogP contribution in [0.5, 0.6) is 0 Å². The van der Waals surface area contributed by atoms with Crippen LogP contribution in [-0.2, 0) is 9.59 Å². The van der Waals surface area contributed by atoms with Gasteiger partial charge in [0.05, 0.1) is 10.00 Å². The fraction of sp³-hybridized carbons (Fsp3) is 0.833. The molecule has 0 aromatic carbocycles. The van der Waals surface area contributed by atoms with E-state index in [-0.39, 0.29) is 21.8 Å². The Hall–Kier alpha value is -0.510. The Kier molecular flexibility index (Phi) is 4.84. The zero-order valence-corrected chi connectivity index (χ0v) is 11.2. The number of amides is 2. The quantitative estimate of drug-likeness (QED) is 0.755. The third kappa shape index (κ3) is 2.59. The normalized spacial score (nSPS) is 24.3. The van der Waals surface area contributed by atoms with Crippen molar-refractivity contribution in [1.29, 1.82) is 0 Å². The minimum absolute atomic E-state index is 0.0439. The fourth-order valence-corrected chi connectivity index (χ4v) is 3.49. The first-order chi connectivity index (χ1) is 7.59. The van der Waals surface area contributed by atoms with Crippen LogP contribution in [0.3, 0.4) is 0 Å². The molecule has 4 heteroatoms. The predicted octanol–water partition coefficient (Wildman–Crippen LogP) is 2.49. The summed E-state index contributed by atoms with van der Waals surface area (Å²) in [5.74, 6) is -0.193. The van der Waals surface area contributed by atoms with Gasteiger partial charge in [-0.3, -0.25) is 14.9 Å². The average molecular weight is 243 g/mol. The summed E-state index contributed by atoms with van der Waals surface area (Å²) >= 11 is 1.57. The van der Waals surface area contributed by atoms with Gasteiger partial charge < -0.3 is 0 Å². The molecule has 2 amide bonds. The molecule has 1 aliphatic heterocycles. The third-order valence-corrected chi connectivity index (χ3v) is 5.22. The molecule has 1 rings (SSSR count). The molecule has 0 aliphatic carbocycles. The summed E-state index contributed by atoms with van der Waals surface area (Å²) in [7, 11) is 0. The van der Waals surface area contributed by atoms with Gasteiger partial charge in [-0.1, -0.05) is 33.6 Å². The molecule has 1 heterocycles. The molecule has 1 N–H and O–H groups in total. The van der Waals surface area contributed by atoms with E-state index >= 15 is 0 Å². The first-order valence-electron chi connectivity index (χ1n) is 6.12. The van der Waals surface area contributed by atoms with E-state index in [1.807, 2.05) is 13.8 Å². The van der Waals surface area contributed by atoms with Crippen molar-refractivity contribution in [1.82, 2.24) is 5.32 Å². The van der Waals surface area contributed by atoms with Crippen LogP contribution >= 0.6 is 11.8 Å². The Morgan fingerprint density at radius 2 is 1.88 bits per heavy atom. The summed E-state index contributed by atoms with van der Waals surface area (Å²) in [6, 6.07) is 0. The highest BCUT2D eigenvalue weighted by atomic mass is 32.2. The molecule has 1 fully saturated rings. The lowest BCUT2D eigenvalue weighted by Crippen LogP contribution is -2.55. The maximum Gasteiger partial charge on any atom is 0.242 e. The zero-order chi connectivity index (χ0) is 12.2. The Balaban J connectivity index is 2.75. The Bertz CT molecular complexity index is 274. The summed E-state index contributed by atoms with van der Waals surface area (Å²) in [5, 5.41) is 2.49. The monoisotopic (exact) mass is 243 g/mol. The van der Waals surface area contributed by atoms with Crippen LogP contribution < -0.4 is 5.32 Å². The molecule has 0 saturated carbocycles. The van der Waals surface area contributed by atoms with Crippen molar-refractivity contribution in [2.45, 2.75) is 62.9 Å².